The molecular formula is C28H28ClN5O4S. The maximum Gasteiger partial charge on any atom is 0.360 e. The zero-order valence-corrected chi connectivity index (χ0v) is 23.4. The number of ether oxygens (including phenoxy) is 2. The molecule has 0 aliphatic carbocycles. The first kappa shape index (κ1) is 29.5. The number of carbonyl (C=O) groups excluding carboxylic acids is 1. The summed E-state index contributed by atoms with van der Waals surface area (Å²) in [5.41, 5.74) is 3.66. The quantitative estimate of drug-likeness (QED) is 0.120. The number of amidine groups is 1. The van der Waals surface area contributed by atoms with E-state index in [0.29, 0.717) is 17.3 Å². The standard InChI is InChI=1S/C18H19NO4.C10H9ClN4S/c1-13-8-4-7-11-16(13)23-12-14-9-5-6-10-15(14)17(19-22-3)18(20)21-2;11-9-2-1-8(5-13-9)6-15-3-4-16-10(15)14-7-12/h4-11H,12H2,1-3H3;1-2,5H,3-4,6H2/b19-17+;. The minimum atomic E-state index is -0.560. The van der Waals surface area contributed by atoms with Crippen LogP contribution in [0.4, 0.5) is 0 Å². The third-order valence-electron chi connectivity index (χ3n) is 5.48. The van der Waals surface area contributed by atoms with Gasteiger partial charge in [-0.05, 0) is 35.7 Å². The molecule has 0 bridgehead atoms. The third-order valence-corrected chi connectivity index (χ3v) is 6.70. The van der Waals surface area contributed by atoms with Crippen LogP contribution in [0.15, 0.2) is 77.0 Å². The molecule has 1 saturated heterocycles. The summed E-state index contributed by atoms with van der Waals surface area (Å²) in [6.45, 7) is 3.92. The number of esters is 1. The second kappa shape index (κ2) is 15.4. The molecule has 0 spiro atoms. The predicted octanol–water partition coefficient (Wildman–Crippen LogP) is 5.22. The molecule has 0 saturated carbocycles. The lowest BCUT2D eigenvalue weighted by Crippen LogP contribution is -2.23. The summed E-state index contributed by atoms with van der Waals surface area (Å²) < 4.78 is 10.6. The molecule has 9 nitrogen and oxygen atoms in total. The number of methoxy groups -OCH3 is 1. The molecule has 1 aromatic heterocycles. The van der Waals surface area contributed by atoms with Crippen molar-refractivity contribution in [2.75, 3.05) is 26.5 Å². The number of hydrogen-bond donors (Lipinski definition) is 0. The monoisotopic (exact) mass is 565 g/mol. The number of aromatic nitrogens is 1. The van der Waals surface area contributed by atoms with Gasteiger partial charge in [-0.3, -0.25) is 0 Å². The Morgan fingerprint density at radius 2 is 1.92 bits per heavy atom. The Morgan fingerprint density at radius 1 is 1.15 bits per heavy atom. The molecule has 1 fully saturated rings. The first-order valence-corrected chi connectivity index (χ1v) is 13.2. The summed E-state index contributed by atoms with van der Waals surface area (Å²) in [5.74, 6) is 1.21. The summed E-state index contributed by atoms with van der Waals surface area (Å²) >= 11 is 7.32. The van der Waals surface area contributed by atoms with Crippen molar-refractivity contribution in [3.63, 3.8) is 0 Å². The number of halogens is 1. The van der Waals surface area contributed by atoms with Gasteiger partial charge < -0.3 is 19.2 Å². The zero-order valence-electron chi connectivity index (χ0n) is 21.8. The molecule has 0 radical (unpaired) electrons. The van der Waals surface area contributed by atoms with Crippen molar-refractivity contribution in [1.82, 2.24) is 9.88 Å². The van der Waals surface area contributed by atoms with Crippen LogP contribution in [0.25, 0.3) is 0 Å². The molecule has 0 amide bonds. The largest absolute Gasteiger partial charge is 0.489 e. The van der Waals surface area contributed by atoms with Crippen LogP contribution in [0.3, 0.4) is 0 Å². The Balaban J connectivity index is 0.000000230. The van der Waals surface area contributed by atoms with Gasteiger partial charge in [0.05, 0.1) is 7.11 Å². The van der Waals surface area contributed by atoms with E-state index < -0.39 is 5.97 Å². The molecule has 0 unspecified atom stereocenters. The van der Waals surface area contributed by atoms with Crippen LogP contribution in [0.1, 0.15) is 22.3 Å². The number of para-hydroxylation sites is 1. The lowest BCUT2D eigenvalue weighted by Gasteiger charge is -2.16. The normalized spacial score (nSPS) is 13.8. The van der Waals surface area contributed by atoms with Crippen LogP contribution in [0.5, 0.6) is 5.75 Å². The minimum absolute atomic E-state index is 0.110. The van der Waals surface area contributed by atoms with E-state index in [1.807, 2.05) is 61.6 Å². The van der Waals surface area contributed by atoms with Crippen LogP contribution >= 0.6 is 23.4 Å². The maximum absolute atomic E-state index is 11.9. The second-order valence-corrected chi connectivity index (χ2v) is 9.53. The number of hydrogen-bond acceptors (Lipinski definition) is 9. The highest BCUT2D eigenvalue weighted by atomic mass is 35.5. The van der Waals surface area contributed by atoms with Crippen molar-refractivity contribution in [3.05, 3.63) is 94.3 Å². The van der Waals surface area contributed by atoms with Crippen molar-refractivity contribution in [2.24, 2.45) is 10.1 Å². The number of oxime groups is 1. The van der Waals surface area contributed by atoms with Gasteiger partial charge in [-0.2, -0.15) is 5.26 Å². The van der Waals surface area contributed by atoms with E-state index in [-0.39, 0.29) is 5.71 Å². The molecule has 2 heterocycles. The summed E-state index contributed by atoms with van der Waals surface area (Å²) in [7, 11) is 2.69. The SMILES string of the molecule is CO/N=C(/C(=O)OC)c1ccccc1COc1ccccc1C.N#CN=C1SCCN1Cc1ccc(Cl)nc1. The van der Waals surface area contributed by atoms with Gasteiger partial charge in [0.1, 0.15) is 24.6 Å². The first-order valence-electron chi connectivity index (χ1n) is 11.9. The molecule has 39 heavy (non-hydrogen) atoms. The van der Waals surface area contributed by atoms with Crippen LogP contribution in [-0.4, -0.2) is 53.2 Å². The highest BCUT2D eigenvalue weighted by Crippen LogP contribution is 2.21. The molecule has 2 aromatic carbocycles. The van der Waals surface area contributed by atoms with E-state index in [1.54, 1.807) is 30.1 Å². The Labute approximate surface area is 237 Å². The molecule has 1 aliphatic heterocycles. The van der Waals surface area contributed by atoms with E-state index in [0.717, 1.165) is 46.4 Å². The number of rotatable bonds is 8. The van der Waals surface area contributed by atoms with Crippen LogP contribution in [0, 0.1) is 18.4 Å². The molecule has 4 rings (SSSR count). The fourth-order valence-corrected chi connectivity index (χ4v) is 4.63. The van der Waals surface area contributed by atoms with Crippen molar-refractivity contribution in [1.29, 1.82) is 5.26 Å². The Hall–Kier alpha value is -4.07. The molecule has 202 valence electrons. The minimum Gasteiger partial charge on any atom is -0.489 e. The van der Waals surface area contributed by atoms with Gasteiger partial charge in [0.15, 0.2) is 10.9 Å². The Morgan fingerprint density at radius 3 is 2.62 bits per heavy atom. The maximum atomic E-state index is 11.9. The molecule has 11 heteroatoms. The van der Waals surface area contributed by atoms with Crippen molar-refractivity contribution < 1.29 is 19.1 Å². The topological polar surface area (TPSA) is 109 Å². The van der Waals surface area contributed by atoms with Crippen molar-refractivity contribution in [3.8, 4) is 11.9 Å². The lowest BCUT2D eigenvalue weighted by atomic mass is 10.0. The average molecular weight is 566 g/mol. The van der Waals surface area contributed by atoms with Crippen LogP contribution in [0.2, 0.25) is 5.15 Å². The lowest BCUT2D eigenvalue weighted by molar-refractivity contribution is -0.132. The number of carbonyl (C=O) groups is 1. The molecular weight excluding hydrogens is 538 g/mol. The van der Waals surface area contributed by atoms with E-state index in [4.69, 9.17) is 31.2 Å². The fourth-order valence-electron chi connectivity index (χ4n) is 3.58. The van der Waals surface area contributed by atoms with Gasteiger partial charge in [0.2, 0.25) is 6.19 Å². The molecule has 3 aromatic rings. The van der Waals surface area contributed by atoms with E-state index >= 15 is 0 Å². The Kier molecular flexibility index (Phi) is 11.6. The number of aliphatic imine (C=N–C) groups is 1. The van der Waals surface area contributed by atoms with Crippen molar-refractivity contribution in [2.45, 2.75) is 20.1 Å². The van der Waals surface area contributed by atoms with Gasteiger partial charge in [-0.15, -0.1) is 4.99 Å². The van der Waals surface area contributed by atoms with Crippen LogP contribution < -0.4 is 4.74 Å². The van der Waals surface area contributed by atoms with Crippen LogP contribution in [-0.2, 0) is 27.5 Å². The van der Waals surface area contributed by atoms with Gasteiger partial charge in [0, 0.05) is 30.6 Å². The zero-order chi connectivity index (χ0) is 28.0. The second-order valence-electron chi connectivity index (χ2n) is 8.08. The molecule has 1 aliphatic rings. The number of benzene rings is 2. The highest BCUT2D eigenvalue weighted by molar-refractivity contribution is 8.14. The van der Waals surface area contributed by atoms with E-state index in [2.05, 4.69) is 20.0 Å². The van der Waals surface area contributed by atoms with E-state index in [1.165, 1.54) is 14.2 Å². The third kappa shape index (κ3) is 8.74. The first-order chi connectivity index (χ1) is 19.0. The smallest absolute Gasteiger partial charge is 0.360 e. The number of nitrogens with zero attached hydrogens (tertiary/aromatic N) is 5. The van der Waals surface area contributed by atoms with Gasteiger partial charge >= 0.3 is 5.97 Å². The fraction of sp³-hybridized carbons (Fsp3) is 0.250. The summed E-state index contributed by atoms with van der Waals surface area (Å²) in [4.78, 5) is 26.5. The summed E-state index contributed by atoms with van der Waals surface area (Å²) in [6.07, 6.45) is 3.57. The Bertz CT molecular complexity index is 1360. The summed E-state index contributed by atoms with van der Waals surface area (Å²) in [6, 6.07) is 18.8. The van der Waals surface area contributed by atoms with Gasteiger partial charge in [-0.25, -0.2) is 9.78 Å². The number of pyridine rings is 1. The van der Waals surface area contributed by atoms with Gasteiger partial charge in [0.25, 0.3) is 0 Å². The molecule has 0 N–H and O–H groups in total. The number of thioether (sulfide) groups is 1. The van der Waals surface area contributed by atoms with Crippen molar-refractivity contribution >= 4 is 40.2 Å². The summed E-state index contributed by atoms with van der Waals surface area (Å²) in [5, 5.41) is 13.6. The number of nitriles is 1. The predicted molar refractivity (Wildman–Crippen MR) is 153 cm³/mol. The number of aryl methyl sites for hydroxylation is 1. The van der Waals surface area contributed by atoms with E-state index in [9.17, 15) is 4.79 Å². The van der Waals surface area contributed by atoms with Gasteiger partial charge in [-0.1, -0.05) is 77.0 Å². The highest BCUT2D eigenvalue weighted by Gasteiger charge is 2.20. The average Bonchev–Trinajstić information content (AvgIpc) is 3.39. The molecule has 0 atom stereocenters.